The zero-order valence-electron chi connectivity index (χ0n) is 9.72. The van der Waals surface area contributed by atoms with E-state index in [-0.39, 0.29) is 24.0 Å². The first kappa shape index (κ1) is 11.7. The predicted octanol–water partition coefficient (Wildman–Crippen LogP) is 2.42. The van der Waals surface area contributed by atoms with Crippen LogP contribution in [0.1, 0.15) is 12.5 Å². The van der Waals surface area contributed by atoms with Crippen LogP contribution in [0.4, 0.5) is 0 Å². The molecule has 17 heavy (non-hydrogen) atoms. The topological polar surface area (TPSA) is 60.7 Å². The maximum absolute atomic E-state index is 10.1. The van der Waals surface area contributed by atoms with Gasteiger partial charge in [-0.1, -0.05) is 31.2 Å². The molecule has 1 atom stereocenters. The second-order valence-corrected chi connectivity index (χ2v) is 4.44. The van der Waals surface area contributed by atoms with E-state index in [1.54, 1.807) is 18.2 Å². The van der Waals surface area contributed by atoms with Crippen LogP contribution in [0, 0.1) is 5.92 Å². The molecule has 90 valence electrons. The van der Waals surface area contributed by atoms with Crippen LogP contribution < -0.4 is 0 Å². The van der Waals surface area contributed by atoms with Gasteiger partial charge in [0.05, 0.1) is 0 Å². The Labute approximate surface area is 100.0 Å². The Morgan fingerprint density at radius 1 is 1.12 bits per heavy atom. The normalized spacial score (nSPS) is 12.8. The van der Waals surface area contributed by atoms with Gasteiger partial charge in [0, 0.05) is 17.4 Å². The number of fused-ring (bicyclic) bond motifs is 1. The van der Waals surface area contributed by atoms with Crippen LogP contribution in [0.15, 0.2) is 30.3 Å². The number of phenols is 2. The summed E-state index contributed by atoms with van der Waals surface area (Å²) in [5.74, 6) is 0.415. The molecule has 0 aromatic heterocycles. The monoisotopic (exact) mass is 232 g/mol. The number of benzene rings is 2. The summed E-state index contributed by atoms with van der Waals surface area (Å²) in [6, 6.07) is 8.75. The zero-order chi connectivity index (χ0) is 12.4. The van der Waals surface area contributed by atoms with Gasteiger partial charge in [0.25, 0.3) is 0 Å². The van der Waals surface area contributed by atoms with Crippen molar-refractivity contribution in [1.82, 2.24) is 0 Å². The maximum Gasteiger partial charge on any atom is 0.126 e. The van der Waals surface area contributed by atoms with Crippen LogP contribution in [0.25, 0.3) is 10.8 Å². The summed E-state index contributed by atoms with van der Waals surface area (Å²) < 4.78 is 0. The van der Waals surface area contributed by atoms with Crippen LogP contribution in [0.3, 0.4) is 0 Å². The second-order valence-electron chi connectivity index (χ2n) is 4.44. The van der Waals surface area contributed by atoms with Gasteiger partial charge in [0.1, 0.15) is 11.5 Å². The van der Waals surface area contributed by atoms with Crippen molar-refractivity contribution in [2.45, 2.75) is 13.3 Å². The van der Waals surface area contributed by atoms with Crippen molar-refractivity contribution >= 4 is 10.8 Å². The fourth-order valence-electron chi connectivity index (χ4n) is 1.99. The zero-order valence-corrected chi connectivity index (χ0v) is 9.72. The van der Waals surface area contributed by atoms with E-state index >= 15 is 0 Å². The molecule has 3 nitrogen and oxygen atoms in total. The summed E-state index contributed by atoms with van der Waals surface area (Å²) in [4.78, 5) is 0. The molecular weight excluding hydrogens is 216 g/mol. The van der Waals surface area contributed by atoms with E-state index in [1.807, 2.05) is 19.1 Å². The molecule has 0 aliphatic heterocycles. The lowest BCUT2D eigenvalue weighted by Gasteiger charge is -2.12. The predicted molar refractivity (Wildman–Crippen MR) is 67.2 cm³/mol. The third-order valence-corrected chi connectivity index (χ3v) is 2.95. The molecule has 0 bridgehead atoms. The number of aromatic hydroxyl groups is 2. The van der Waals surface area contributed by atoms with Crippen molar-refractivity contribution in [2.75, 3.05) is 6.61 Å². The minimum atomic E-state index is 0.0569. The maximum atomic E-state index is 10.1. The van der Waals surface area contributed by atoms with Crippen molar-refractivity contribution in [3.8, 4) is 11.5 Å². The SMILES string of the molecule is CC(CO)Cc1cc(O)c2ccccc2c1O. The van der Waals surface area contributed by atoms with Crippen molar-refractivity contribution in [2.24, 2.45) is 5.92 Å². The van der Waals surface area contributed by atoms with E-state index in [1.165, 1.54) is 0 Å². The standard InChI is InChI=1S/C14H16O3/c1-9(8-15)6-10-7-13(16)11-4-2-3-5-12(11)14(10)17/h2-5,7,9,15-17H,6,8H2,1H3. The molecule has 2 aromatic rings. The Kier molecular flexibility index (Phi) is 3.20. The van der Waals surface area contributed by atoms with E-state index in [4.69, 9.17) is 5.11 Å². The summed E-state index contributed by atoms with van der Waals surface area (Å²) in [5, 5.41) is 30.3. The fourth-order valence-corrected chi connectivity index (χ4v) is 1.99. The molecule has 3 heteroatoms. The largest absolute Gasteiger partial charge is 0.507 e. The highest BCUT2D eigenvalue weighted by atomic mass is 16.3. The highest BCUT2D eigenvalue weighted by Gasteiger charge is 2.12. The number of aliphatic hydroxyl groups excluding tert-OH is 1. The lowest BCUT2D eigenvalue weighted by Crippen LogP contribution is -2.04. The number of hydrogen-bond donors (Lipinski definition) is 3. The molecule has 2 aromatic carbocycles. The summed E-state index contributed by atoms with van der Waals surface area (Å²) in [5.41, 5.74) is 0.669. The van der Waals surface area contributed by atoms with Crippen molar-refractivity contribution in [3.05, 3.63) is 35.9 Å². The third kappa shape index (κ3) is 2.19. The second kappa shape index (κ2) is 4.63. The average Bonchev–Trinajstić information content (AvgIpc) is 2.35. The first-order valence-corrected chi connectivity index (χ1v) is 5.67. The van der Waals surface area contributed by atoms with E-state index in [9.17, 15) is 10.2 Å². The van der Waals surface area contributed by atoms with Crippen molar-refractivity contribution < 1.29 is 15.3 Å². The third-order valence-electron chi connectivity index (χ3n) is 2.95. The van der Waals surface area contributed by atoms with Crippen molar-refractivity contribution in [1.29, 1.82) is 0 Å². The van der Waals surface area contributed by atoms with Crippen LogP contribution in [-0.2, 0) is 6.42 Å². The van der Waals surface area contributed by atoms with Gasteiger partial charge in [0.15, 0.2) is 0 Å². The molecule has 0 aliphatic carbocycles. The molecule has 0 saturated carbocycles. The Morgan fingerprint density at radius 3 is 2.41 bits per heavy atom. The Bertz CT molecular complexity index is 534. The lowest BCUT2D eigenvalue weighted by molar-refractivity contribution is 0.236. The summed E-state index contributed by atoms with van der Waals surface area (Å²) >= 11 is 0. The lowest BCUT2D eigenvalue weighted by atomic mass is 9.97. The minimum absolute atomic E-state index is 0.0569. The Morgan fingerprint density at radius 2 is 1.76 bits per heavy atom. The van der Waals surface area contributed by atoms with Gasteiger partial charge < -0.3 is 15.3 Å². The summed E-state index contributed by atoms with van der Waals surface area (Å²) in [6.07, 6.45) is 0.542. The van der Waals surface area contributed by atoms with Gasteiger partial charge in [-0.15, -0.1) is 0 Å². The fraction of sp³-hybridized carbons (Fsp3) is 0.286. The van der Waals surface area contributed by atoms with E-state index in [2.05, 4.69) is 0 Å². The van der Waals surface area contributed by atoms with Gasteiger partial charge in [-0.3, -0.25) is 0 Å². The number of phenolic OH excluding ortho intramolecular Hbond substituents is 2. The molecule has 0 spiro atoms. The molecule has 0 heterocycles. The van der Waals surface area contributed by atoms with Gasteiger partial charge >= 0.3 is 0 Å². The average molecular weight is 232 g/mol. The molecule has 3 N–H and O–H groups in total. The smallest absolute Gasteiger partial charge is 0.126 e. The van der Waals surface area contributed by atoms with E-state index < -0.39 is 0 Å². The first-order chi connectivity index (χ1) is 8.13. The highest BCUT2D eigenvalue weighted by molar-refractivity contribution is 5.93. The number of rotatable bonds is 3. The Balaban J connectivity index is 2.55. The van der Waals surface area contributed by atoms with Crippen LogP contribution in [-0.4, -0.2) is 21.9 Å². The van der Waals surface area contributed by atoms with Crippen LogP contribution in [0.5, 0.6) is 11.5 Å². The van der Waals surface area contributed by atoms with E-state index in [0.717, 1.165) is 0 Å². The van der Waals surface area contributed by atoms with Gasteiger partial charge in [-0.25, -0.2) is 0 Å². The molecule has 0 aliphatic rings. The quantitative estimate of drug-likeness (QED) is 0.712. The van der Waals surface area contributed by atoms with Crippen LogP contribution in [0.2, 0.25) is 0 Å². The summed E-state index contributed by atoms with van der Waals surface area (Å²) in [7, 11) is 0. The van der Waals surface area contributed by atoms with Gasteiger partial charge in [-0.05, 0) is 24.0 Å². The van der Waals surface area contributed by atoms with Gasteiger partial charge in [0.2, 0.25) is 0 Å². The molecule has 0 radical (unpaired) electrons. The van der Waals surface area contributed by atoms with E-state index in [0.29, 0.717) is 22.8 Å². The number of hydrogen-bond acceptors (Lipinski definition) is 3. The first-order valence-electron chi connectivity index (χ1n) is 5.67. The highest BCUT2D eigenvalue weighted by Crippen LogP contribution is 2.36. The minimum Gasteiger partial charge on any atom is -0.507 e. The molecule has 0 saturated heterocycles. The van der Waals surface area contributed by atoms with Crippen molar-refractivity contribution in [3.63, 3.8) is 0 Å². The molecule has 0 amide bonds. The molecule has 1 unspecified atom stereocenters. The molecule has 0 fully saturated rings. The molecule has 2 rings (SSSR count). The Hall–Kier alpha value is -1.74. The number of aliphatic hydroxyl groups is 1. The molecular formula is C14H16O3. The van der Waals surface area contributed by atoms with Gasteiger partial charge in [-0.2, -0.15) is 0 Å². The summed E-state index contributed by atoms with van der Waals surface area (Å²) in [6.45, 7) is 1.96. The van der Waals surface area contributed by atoms with Crippen LogP contribution >= 0.6 is 0 Å².